The number of benzene rings is 2. The van der Waals surface area contributed by atoms with E-state index in [0.29, 0.717) is 32.8 Å². The molecular weight excluding hydrogens is 404 g/mol. The van der Waals surface area contributed by atoms with E-state index in [2.05, 4.69) is 22.4 Å². The van der Waals surface area contributed by atoms with Crippen LogP contribution < -0.4 is 4.74 Å². The summed E-state index contributed by atoms with van der Waals surface area (Å²) in [6.45, 7) is 4.96. The number of hydrogen-bond acceptors (Lipinski definition) is 5. The Morgan fingerprint density at radius 2 is 2.07 bits per heavy atom. The molecule has 148 valence electrons. The molecule has 1 aromatic heterocycles. The fourth-order valence-corrected chi connectivity index (χ4v) is 3.70. The molecule has 0 aliphatic heterocycles. The van der Waals surface area contributed by atoms with Crippen molar-refractivity contribution in [3.63, 3.8) is 0 Å². The lowest BCUT2D eigenvalue weighted by Gasteiger charge is -2.12. The number of nitriles is 1. The zero-order valence-corrected chi connectivity index (χ0v) is 18.1. The molecule has 3 rings (SSSR count). The maximum Gasteiger partial charge on any atom is 0.218 e. The molecule has 0 saturated heterocycles. The van der Waals surface area contributed by atoms with Gasteiger partial charge in [-0.2, -0.15) is 9.64 Å². The Hall–Kier alpha value is -2.88. The van der Waals surface area contributed by atoms with Gasteiger partial charge in [0.2, 0.25) is 5.06 Å². The van der Waals surface area contributed by atoms with Gasteiger partial charge in [-0.1, -0.05) is 48.9 Å². The molecular formula is C22H21ClN4OS. The van der Waals surface area contributed by atoms with Gasteiger partial charge in [0.25, 0.3) is 0 Å². The number of halogens is 1. The Labute approximate surface area is 180 Å². The zero-order chi connectivity index (χ0) is 20.8. The minimum atomic E-state index is 0.417. The summed E-state index contributed by atoms with van der Waals surface area (Å²) in [5.74, 6) is 0.579. The van der Waals surface area contributed by atoms with Crippen LogP contribution in [0.15, 0.2) is 47.5 Å². The number of aryl methyl sites for hydroxylation is 1. The van der Waals surface area contributed by atoms with E-state index in [1.165, 1.54) is 0 Å². The maximum atomic E-state index is 9.65. The van der Waals surface area contributed by atoms with E-state index in [-0.39, 0.29) is 0 Å². The van der Waals surface area contributed by atoms with E-state index in [4.69, 9.17) is 16.3 Å². The average Bonchev–Trinajstić information content (AvgIpc) is 3.13. The van der Waals surface area contributed by atoms with Gasteiger partial charge in [-0.05, 0) is 25.0 Å². The second-order valence-corrected chi connectivity index (χ2v) is 7.71. The summed E-state index contributed by atoms with van der Waals surface area (Å²) in [6.07, 6.45) is 2.82. The van der Waals surface area contributed by atoms with Crippen LogP contribution in [0.5, 0.6) is 10.8 Å². The molecule has 0 radical (unpaired) electrons. The van der Waals surface area contributed by atoms with Crippen LogP contribution in [0, 0.1) is 18.3 Å². The summed E-state index contributed by atoms with van der Waals surface area (Å²) in [6, 6.07) is 15.4. The second-order valence-electron chi connectivity index (χ2n) is 6.57. The molecule has 0 amide bonds. The highest BCUT2D eigenvalue weighted by Gasteiger charge is 2.18. The van der Waals surface area contributed by atoms with E-state index >= 15 is 0 Å². The maximum absolute atomic E-state index is 9.65. The topological polar surface area (TPSA) is 61.5 Å². The number of nitrogens with zero attached hydrogens (tertiary/aromatic N) is 4. The van der Waals surface area contributed by atoms with Gasteiger partial charge >= 0.3 is 0 Å². The van der Waals surface area contributed by atoms with Crippen molar-refractivity contribution in [3.8, 4) is 28.1 Å². The molecule has 0 saturated carbocycles. The van der Waals surface area contributed by atoms with Crippen molar-refractivity contribution in [2.75, 3.05) is 13.6 Å². The number of rotatable bonds is 7. The highest BCUT2D eigenvalue weighted by Crippen LogP contribution is 2.39. The summed E-state index contributed by atoms with van der Waals surface area (Å²) < 4.78 is 10.4. The molecule has 0 atom stereocenters. The number of aliphatic imine (C=N–C) groups is 1. The highest BCUT2D eigenvalue weighted by molar-refractivity contribution is 7.08. The number of aromatic nitrogens is 1. The first-order valence-electron chi connectivity index (χ1n) is 9.21. The van der Waals surface area contributed by atoms with Gasteiger partial charge in [0, 0.05) is 36.8 Å². The SMILES string of the molecule is CCCN(C)/C=N\c1cc(C)c(Oc2snc(-c3ccccc3)c2C#N)cc1Cl. The quantitative estimate of drug-likeness (QED) is 0.323. The van der Waals surface area contributed by atoms with E-state index in [0.717, 1.165) is 35.6 Å². The van der Waals surface area contributed by atoms with E-state index in [1.807, 2.05) is 55.3 Å². The van der Waals surface area contributed by atoms with E-state index < -0.39 is 0 Å². The highest BCUT2D eigenvalue weighted by atomic mass is 35.5. The van der Waals surface area contributed by atoms with Crippen LogP contribution in [0.4, 0.5) is 5.69 Å². The van der Waals surface area contributed by atoms with E-state index in [1.54, 1.807) is 12.4 Å². The summed E-state index contributed by atoms with van der Waals surface area (Å²) in [7, 11) is 1.97. The van der Waals surface area contributed by atoms with Crippen molar-refractivity contribution >= 4 is 35.2 Å². The number of hydrogen-bond donors (Lipinski definition) is 0. The Bertz CT molecular complexity index is 1060. The smallest absolute Gasteiger partial charge is 0.218 e. The van der Waals surface area contributed by atoms with Gasteiger partial charge in [-0.15, -0.1) is 0 Å². The van der Waals surface area contributed by atoms with Crippen LogP contribution in [0.1, 0.15) is 24.5 Å². The van der Waals surface area contributed by atoms with Gasteiger partial charge in [-0.25, -0.2) is 4.99 Å². The van der Waals surface area contributed by atoms with Crippen LogP contribution in [0.3, 0.4) is 0 Å². The summed E-state index contributed by atoms with van der Waals surface area (Å²) in [4.78, 5) is 6.47. The molecule has 0 unspecified atom stereocenters. The minimum Gasteiger partial charge on any atom is -0.443 e. The molecule has 0 aliphatic rings. The van der Waals surface area contributed by atoms with Crippen molar-refractivity contribution < 1.29 is 4.74 Å². The summed E-state index contributed by atoms with van der Waals surface area (Å²) in [5, 5.41) is 10.6. The third kappa shape index (κ3) is 4.94. The molecule has 1 heterocycles. The van der Waals surface area contributed by atoms with Crippen molar-refractivity contribution in [1.29, 1.82) is 5.26 Å². The Kier molecular flexibility index (Phi) is 6.86. The largest absolute Gasteiger partial charge is 0.443 e. The van der Waals surface area contributed by atoms with Gasteiger partial charge < -0.3 is 9.64 Å². The molecule has 0 bridgehead atoms. The molecule has 0 N–H and O–H groups in total. The van der Waals surface area contributed by atoms with Crippen LogP contribution >= 0.6 is 23.1 Å². The molecule has 7 heteroatoms. The fraction of sp³-hybridized carbons (Fsp3) is 0.227. The van der Waals surface area contributed by atoms with Gasteiger partial charge in [-0.3, -0.25) is 0 Å². The first-order valence-corrected chi connectivity index (χ1v) is 10.4. The Balaban J connectivity index is 1.87. The third-order valence-electron chi connectivity index (χ3n) is 4.24. The first-order chi connectivity index (χ1) is 14.0. The predicted octanol–water partition coefficient (Wildman–Crippen LogP) is 6.44. The minimum absolute atomic E-state index is 0.417. The lowest BCUT2D eigenvalue weighted by molar-refractivity contribution is 0.491. The second kappa shape index (κ2) is 9.55. The third-order valence-corrected chi connectivity index (χ3v) is 5.27. The monoisotopic (exact) mass is 424 g/mol. The van der Waals surface area contributed by atoms with Crippen LogP contribution in [0.25, 0.3) is 11.3 Å². The van der Waals surface area contributed by atoms with Crippen LogP contribution in [-0.2, 0) is 0 Å². The lowest BCUT2D eigenvalue weighted by atomic mass is 10.1. The van der Waals surface area contributed by atoms with Crippen molar-refractivity contribution in [1.82, 2.24) is 9.27 Å². The molecule has 2 aromatic carbocycles. The Morgan fingerprint density at radius 3 is 2.76 bits per heavy atom. The van der Waals surface area contributed by atoms with Gasteiger partial charge in [0.05, 0.1) is 17.0 Å². The van der Waals surface area contributed by atoms with Crippen molar-refractivity contribution in [2.24, 2.45) is 4.99 Å². The molecule has 0 fully saturated rings. The predicted molar refractivity (Wildman–Crippen MR) is 120 cm³/mol. The van der Waals surface area contributed by atoms with Crippen molar-refractivity contribution in [2.45, 2.75) is 20.3 Å². The molecule has 3 aromatic rings. The first kappa shape index (κ1) is 20.8. The zero-order valence-electron chi connectivity index (χ0n) is 16.5. The average molecular weight is 425 g/mol. The summed E-state index contributed by atoms with van der Waals surface area (Å²) in [5.41, 5.74) is 3.47. The molecule has 5 nitrogen and oxygen atoms in total. The van der Waals surface area contributed by atoms with Gasteiger partial charge in [0.15, 0.2) is 0 Å². The standard InChI is InChI=1S/C22H21ClN4OS/c1-4-10-27(3)14-25-19-11-15(2)20(12-18(19)23)28-22-17(13-24)21(26-29-22)16-8-6-5-7-9-16/h5-9,11-12,14H,4,10H2,1-3H3/b25-14-. The van der Waals surface area contributed by atoms with Crippen LogP contribution in [0.2, 0.25) is 5.02 Å². The molecule has 29 heavy (non-hydrogen) atoms. The van der Waals surface area contributed by atoms with Crippen LogP contribution in [-0.4, -0.2) is 29.2 Å². The summed E-state index contributed by atoms with van der Waals surface area (Å²) >= 11 is 7.57. The van der Waals surface area contributed by atoms with Crippen molar-refractivity contribution in [3.05, 3.63) is 58.6 Å². The van der Waals surface area contributed by atoms with E-state index in [9.17, 15) is 5.26 Å². The van der Waals surface area contributed by atoms with Gasteiger partial charge in [0.1, 0.15) is 23.1 Å². The Morgan fingerprint density at radius 1 is 1.31 bits per heavy atom. The number of ether oxygens (including phenoxy) is 1. The molecule has 0 aliphatic carbocycles. The normalized spacial score (nSPS) is 10.9. The fourth-order valence-electron chi connectivity index (χ4n) is 2.76. The molecule has 0 spiro atoms. The lowest BCUT2D eigenvalue weighted by Crippen LogP contribution is -2.16.